The molecule has 0 bridgehead atoms. The van der Waals surface area contributed by atoms with E-state index in [1.165, 1.54) is 11.3 Å². The second kappa shape index (κ2) is 9.24. The molecule has 1 N–H and O–H groups in total. The Morgan fingerprint density at radius 1 is 1.14 bits per heavy atom. The van der Waals surface area contributed by atoms with Crippen LogP contribution in [0.5, 0.6) is 0 Å². The lowest BCUT2D eigenvalue weighted by Gasteiger charge is -2.35. The number of nitrogens with one attached hydrogen (secondary N) is 1. The summed E-state index contributed by atoms with van der Waals surface area (Å²) in [5, 5.41) is 13.3. The molecule has 3 heterocycles. The van der Waals surface area contributed by atoms with Crippen molar-refractivity contribution in [2.45, 2.75) is 51.0 Å². The summed E-state index contributed by atoms with van der Waals surface area (Å²) in [4.78, 5) is 30.2. The number of ether oxygens (including phenoxy) is 1. The van der Waals surface area contributed by atoms with Gasteiger partial charge in [-0.1, -0.05) is 6.42 Å². The zero-order valence-electron chi connectivity index (χ0n) is 16.7. The highest BCUT2D eigenvalue weighted by Gasteiger charge is 2.30. The maximum absolute atomic E-state index is 12.6. The molecule has 4 rings (SSSR count). The summed E-state index contributed by atoms with van der Waals surface area (Å²) in [6.07, 6.45) is 6.90. The van der Waals surface area contributed by atoms with E-state index in [0.717, 1.165) is 44.1 Å². The van der Waals surface area contributed by atoms with Gasteiger partial charge in [0, 0.05) is 37.7 Å². The summed E-state index contributed by atoms with van der Waals surface area (Å²) in [7, 11) is 0. The monoisotopic (exact) mass is 416 g/mol. The second-order valence-electron chi connectivity index (χ2n) is 8.03. The van der Waals surface area contributed by atoms with Crippen LogP contribution in [0.4, 0.5) is 5.00 Å². The molecule has 7 nitrogen and oxygen atoms in total. The van der Waals surface area contributed by atoms with E-state index in [9.17, 15) is 14.9 Å². The Hall–Kier alpha value is -1.95. The first-order chi connectivity index (χ1) is 14.2. The molecule has 2 fully saturated rings. The van der Waals surface area contributed by atoms with Crippen LogP contribution in [0.25, 0.3) is 0 Å². The molecule has 0 spiro atoms. The Kier molecular flexibility index (Phi) is 6.48. The zero-order chi connectivity index (χ0) is 20.2. The van der Waals surface area contributed by atoms with E-state index in [1.807, 2.05) is 4.90 Å². The first-order valence-electron chi connectivity index (χ1n) is 10.6. The summed E-state index contributed by atoms with van der Waals surface area (Å²) in [5.41, 5.74) is 1.80. The number of piperazine rings is 1. The summed E-state index contributed by atoms with van der Waals surface area (Å²) >= 11 is 1.57. The lowest BCUT2D eigenvalue weighted by atomic mass is 10.1. The van der Waals surface area contributed by atoms with Gasteiger partial charge in [0.05, 0.1) is 12.1 Å². The van der Waals surface area contributed by atoms with Crippen LogP contribution < -0.4 is 5.32 Å². The quantitative estimate of drug-likeness (QED) is 0.760. The number of hydrogen-bond acceptors (Lipinski definition) is 6. The predicted molar refractivity (Wildman–Crippen MR) is 111 cm³/mol. The smallest absolute Gasteiger partial charge is 0.251 e. The Balaban J connectivity index is 1.30. The van der Waals surface area contributed by atoms with Crippen molar-refractivity contribution in [2.24, 2.45) is 0 Å². The highest BCUT2D eigenvalue weighted by atomic mass is 32.1. The first kappa shape index (κ1) is 20.3. The molecule has 156 valence electrons. The van der Waals surface area contributed by atoms with E-state index in [1.54, 1.807) is 11.3 Å². The van der Waals surface area contributed by atoms with E-state index in [2.05, 4.69) is 16.3 Å². The van der Waals surface area contributed by atoms with Gasteiger partial charge in [0.25, 0.3) is 5.91 Å². The van der Waals surface area contributed by atoms with Crippen LogP contribution in [0.3, 0.4) is 0 Å². The molecule has 0 radical (unpaired) electrons. The standard InChI is InChI=1S/C21H28N4O3S/c22-13-16-15-5-2-1-3-7-18(15)29-20(16)23-19(26)14-24-8-10-25(11-9-24)21(27)17-6-4-12-28-17/h17H,1-12,14H2,(H,23,26)/t17-/m1/s1. The van der Waals surface area contributed by atoms with E-state index in [0.29, 0.717) is 43.4 Å². The van der Waals surface area contributed by atoms with Crippen LogP contribution in [0.15, 0.2) is 0 Å². The SMILES string of the molecule is N#Cc1c(NC(=O)CN2CCN(C(=O)[C@H]3CCCO3)CC2)sc2c1CCCCC2. The van der Waals surface area contributed by atoms with Crippen LogP contribution in [0.1, 0.15) is 48.1 Å². The predicted octanol–water partition coefficient (Wildman–Crippen LogP) is 2.15. The lowest BCUT2D eigenvalue weighted by molar-refractivity contribution is -0.142. The van der Waals surface area contributed by atoms with Gasteiger partial charge in [-0.3, -0.25) is 14.5 Å². The summed E-state index contributed by atoms with van der Waals surface area (Å²) in [5.74, 6) is 0.00200. The number of hydrogen-bond donors (Lipinski definition) is 1. The van der Waals surface area contributed by atoms with Gasteiger partial charge in [-0.25, -0.2) is 0 Å². The molecule has 8 heteroatoms. The average Bonchev–Trinajstić information content (AvgIpc) is 3.31. The van der Waals surface area contributed by atoms with Crippen molar-refractivity contribution >= 4 is 28.2 Å². The molecule has 0 saturated carbocycles. The third kappa shape index (κ3) is 4.63. The molecule has 3 aliphatic rings. The van der Waals surface area contributed by atoms with Gasteiger partial charge in [-0.15, -0.1) is 11.3 Å². The number of anilines is 1. The van der Waals surface area contributed by atoms with Crippen molar-refractivity contribution in [1.82, 2.24) is 9.80 Å². The van der Waals surface area contributed by atoms with Crippen molar-refractivity contribution < 1.29 is 14.3 Å². The molecule has 2 aliphatic heterocycles. The van der Waals surface area contributed by atoms with Crippen molar-refractivity contribution in [2.75, 3.05) is 44.6 Å². The fourth-order valence-corrected chi connectivity index (χ4v) is 5.68. The number of nitriles is 1. The second-order valence-corrected chi connectivity index (χ2v) is 9.14. The highest BCUT2D eigenvalue weighted by molar-refractivity contribution is 7.16. The third-order valence-electron chi connectivity index (χ3n) is 6.04. The van der Waals surface area contributed by atoms with Crippen LogP contribution in [-0.2, 0) is 27.2 Å². The average molecular weight is 417 g/mol. The lowest BCUT2D eigenvalue weighted by Crippen LogP contribution is -2.52. The molecule has 1 aromatic heterocycles. The summed E-state index contributed by atoms with van der Waals surface area (Å²) in [6, 6.07) is 2.31. The highest BCUT2D eigenvalue weighted by Crippen LogP contribution is 2.36. The number of thiophene rings is 1. The van der Waals surface area contributed by atoms with Gasteiger partial charge >= 0.3 is 0 Å². The molecule has 1 aliphatic carbocycles. The number of carbonyl (C=O) groups excluding carboxylic acids is 2. The molecular formula is C21H28N4O3S. The normalized spacial score (nSPS) is 22.6. The number of carbonyl (C=O) groups is 2. The topological polar surface area (TPSA) is 85.7 Å². The molecule has 29 heavy (non-hydrogen) atoms. The van der Waals surface area contributed by atoms with Gasteiger partial charge < -0.3 is 15.0 Å². The first-order valence-corrected chi connectivity index (χ1v) is 11.4. The van der Waals surface area contributed by atoms with E-state index < -0.39 is 0 Å². The minimum absolute atomic E-state index is 0.0863. The minimum atomic E-state index is -0.275. The van der Waals surface area contributed by atoms with Gasteiger partial charge in [0.1, 0.15) is 17.2 Å². The van der Waals surface area contributed by atoms with Crippen LogP contribution in [0.2, 0.25) is 0 Å². The van der Waals surface area contributed by atoms with Crippen molar-refractivity contribution in [3.8, 4) is 6.07 Å². The fourth-order valence-electron chi connectivity index (χ4n) is 4.42. The zero-order valence-corrected chi connectivity index (χ0v) is 17.6. The summed E-state index contributed by atoms with van der Waals surface area (Å²) < 4.78 is 5.50. The molecule has 0 unspecified atom stereocenters. The van der Waals surface area contributed by atoms with Gasteiger partial charge in [-0.05, 0) is 44.1 Å². The molecule has 1 atom stereocenters. The molecule has 1 aromatic rings. The third-order valence-corrected chi connectivity index (χ3v) is 7.25. The number of rotatable bonds is 4. The van der Waals surface area contributed by atoms with Gasteiger partial charge in [0.15, 0.2) is 0 Å². The van der Waals surface area contributed by atoms with Crippen LogP contribution in [0, 0.1) is 11.3 Å². The van der Waals surface area contributed by atoms with E-state index in [4.69, 9.17) is 4.74 Å². The molecular weight excluding hydrogens is 388 g/mol. The van der Waals surface area contributed by atoms with Gasteiger partial charge in [0.2, 0.25) is 5.91 Å². The van der Waals surface area contributed by atoms with E-state index in [-0.39, 0.29) is 24.5 Å². The van der Waals surface area contributed by atoms with Gasteiger partial charge in [-0.2, -0.15) is 5.26 Å². The Morgan fingerprint density at radius 2 is 1.93 bits per heavy atom. The Bertz CT molecular complexity index is 802. The Labute approximate surface area is 175 Å². The maximum atomic E-state index is 12.6. The van der Waals surface area contributed by atoms with Crippen LogP contribution in [-0.4, -0.2) is 67.0 Å². The molecule has 0 aromatic carbocycles. The number of fused-ring (bicyclic) bond motifs is 1. The number of amides is 2. The van der Waals surface area contributed by atoms with Crippen LogP contribution >= 0.6 is 11.3 Å². The van der Waals surface area contributed by atoms with Crippen molar-refractivity contribution in [3.63, 3.8) is 0 Å². The van der Waals surface area contributed by atoms with Crippen molar-refractivity contribution in [1.29, 1.82) is 5.26 Å². The Morgan fingerprint density at radius 3 is 2.66 bits per heavy atom. The fraction of sp³-hybridized carbons (Fsp3) is 0.667. The summed E-state index contributed by atoms with van der Waals surface area (Å²) in [6.45, 7) is 3.57. The minimum Gasteiger partial charge on any atom is -0.368 e. The number of aryl methyl sites for hydroxylation is 1. The largest absolute Gasteiger partial charge is 0.368 e. The van der Waals surface area contributed by atoms with Crippen molar-refractivity contribution in [3.05, 3.63) is 16.0 Å². The number of nitrogens with zero attached hydrogens (tertiary/aromatic N) is 3. The maximum Gasteiger partial charge on any atom is 0.251 e. The van der Waals surface area contributed by atoms with E-state index >= 15 is 0 Å². The molecule has 2 saturated heterocycles. The molecule has 2 amide bonds.